The summed E-state index contributed by atoms with van der Waals surface area (Å²) in [6.45, 7) is 1.48. The van der Waals surface area contributed by atoms with Crippen molar-refractivity contribution in [3.63, 3.8) is 0 Å². The average molecular weight is 264 g/mol. The van der Waals surface area contributed by atoms with Crippen LogP contribution in [0.4, 0.5) is 0 Å². The van der Waals surface area contributed by atoms with Crippen LogP contribution in [0.2, 0.25) is 0 Å². The summed E-state index contributed by atoms with van der Waals surface area (Å²) in [5.41, 5.74) is 0.781. The number of fused-ring (bicyclic) bond motifs is 1. The molecule has 5 heteroatoms. The third-order valence-corrected chi connectivity index (χ3v) is 3.76. The zero-order chi connectivity index (χ0) is 13.2. The molecule has 1 saturated heterocycles. The highest BCUT2D eigenvalue weighted by atomic mass is 16.7. The van der Waals surface area contributed by atoms with Crippen molar-refractivity contribution in [1.82, 2.24) is 0 Å². The highest BCUT2D eigenvalue weighted by molar-refractivity contribution is 5.77. The quantitative estimate of drug-likeness (QED) is 0.904. The molecule has 1 aromatic carbocycles. The molecule has 102 valence electrons. The van der Waals surface area contributed by atoms with Crippen molar-refractivity contribution >= 4 is 5.97 Å². The topological polar surface area (TPSA) is 65.0 Å². The lowest BCUT2D eigenvalue weighted by Crippen LogP contribution is -2.27. The third-order valence-electron chi connectivity index (χ3n) is 3.76. The molecule has 1 N–H and O–H groups in total. The zero-order valence-corrected chi connectivity index (χ0v) is 10.5. The fraction of sp³-hybridized carbons (Fsp3) is 0.500. The molecule has 0 bridgehead atoms. The number of ether oxygens (including phenoxy) is 3. The summed E-state index contributed by atoms with van der Waals surface area (Å²) in [6.07, 6.45) is 1.57. The largest absolute Gasteiger partial charge is 0.481 e. The summed E-state index contributed by atoms with van der Waals surface area (Å²) in [5, 5.41) is 9.51. The molecular formula is C14H16O5. The highest BCUT2D eigenvalue weighted by Gasteiger charge is 2.32. The van der Waals surface area contributed by atoms with Gasteiger partial charge in [-0.05, 0) is 36.5 Å². The summed E-state index contributed by atoms with van der Waals surface area (Å²) < 4.78 is 15.9. The predicted molar refractivity (Wildman–Crippen MR) is 66.5 cm³/mol. The Hall–Kier alpha value is -1.75. The molecule has 0 aromatic heterocycles. The molecule has 0 spiro atoms. The molecule has 1 aromatic rings. The van der Waals surface area contributed by atoms with E-state index in [1.807, 2.05) is 6.07 Å². The number of aliphatic carboxylic acids is 1. The normalized spacial score (nSPS) is 20.2. The first-order valence-corrected chi connectivity index (χ1v) is 6.46. The molecule has 2 heterocycles. The Morgan fingerprint density at radius 3 is 2.68 bits per heavy atom. The maximum absolute atomic E-state index is 11.6. The fourth-order valence-corrected chi connectivity index (χ4v) is 2.77. The Morgan fingerprint density at radius 1 is 1.21 bits per heavy atom. The summed E-state index contributed by atoms with van der Waals surface area (Å²) >= 11 is 0. The van der Waals surface area contributed by atoms with Gasteiger partial charge in [-0.2, -0.15) is 0 Å². The first kappa shape index (κ1) is 12.3. The van der Waals surface area contributed by atoms with Crippen molar-refractivity contribution in [2.24, 2.45) is 5.92 Å². The van der Waals surface area contributed by atoms with Crippen molar-refractivity contribution < 1.29 is 24.1 Å². The van der Waals surface area contributed by atoms with Crippen molar-refractivity contribution in [2.75, 3.05) is 20.0 Å². The maximum Gasteiger partial charge on any atom is 0.311 e. The average Bonchev–Trinajstić information content (AvgIpc) is 2.87. The first-order valence-electron chi connectivity index (χ1n) is 6.46. The van der Waals surface area contributed by atoms with Crippen LogP contribution in [-0.2, 0) is 9.53 Å². The van der Waals surface area contributed by atoms with Gasteiger partial charge in [-0.15, -0.1) is 0 Å². The minimum atomic E-state index is -0.786. The van der Waals surface area contributed by atoms with Gasteiger partial charge < -0.3 is 19.3 Å². The zero-order valence-electron chi connectivity index (χ0n) is 10.5. The van der Waals surface area contributed by atoms with E-state index >= 15 is 0 Å². The van der Waals surface area contributed by atoms with E-state index in [2.05, 4.69) is 0 Å². The Kier molecular flexibility index (Phi) is 3.29. The molecule has 1 fully saturated rings. The number of hydrogen-bond donors (Lipinski definition) is 1. The van der Waals surface area contributed by atoms with Crippen LogP contribution >= 0.6 is 0 Å². The summed E-state index contributed by atoms with van der Waals surface area (Å²) in [7, 11) is 0. The summed E-state index contributed by atoms with van der Waals surface area (Å²) in [5.74, 6) is 0.145. The predicted octanol–water partition coefficient (Wildman–Crippen LogP) is 2.01. The second kappa shape index (κ2) is 5.09. The van der Waals surface area contributed by atoms with E-state index in [0.29, 0.717) is 24.7 Å². The molecule has 0 amide bonds. The van der Waals surface area contributed by atoms with Gasteiger partial charge in [0, 0.05) is 13.2 Å². The third kappa shape index (κ3) is 2.38. The maximum atomic E-state index is 11.6. The van der Waals surface area contributed by atoms with Gasteiger partial charge >= 0.3 is 5.97 Å². The van der Waals surface area contributed by atoms with Crippen LogP contribution in [0.1, 0.15) is 24.3 Å². The van der Waals surface area contributed by atoms with Gasteiger partial charge in [0.15, 0.2) is 11.5 Å². The van der Waals surface area contributed by atoms with E-state index in [1.165, 1.54) is 0 Å². The molecule has 5 nitrogen and oxygen atoms in total. The van der Waals surface area contributed by atoms with E-state index in [9.17, 15) is 9.90 Å². The molecule has 19 heavy (non-hydrogen) atoms. The molecular weight excluding hydrogens is 248 g/mol. The molecule has 0 aliphatic carbocycles. The number of hydrogen-bond acceptors (Lipinski definition) is 4. The molecule has 0 radical (unpaired) electrons. The SMILES string of the molecule is O=C(O)C(c1ccc2c(c1)OCO2)C1CCOCC1. The number of rotatable bonds is 3. The van der Waals surface area contributed by atoms with E-state index in [1.54, 1.807) is 12.1 Å². The number of benzene rings is 1. The van der Waals surface area contributed by atoms with Crippen LogP contribution < -0.4 is 9.47 Å². The van der Waals surface area contributed by atoms with Crippen LogP contribution in [0, 0.1) is 5.92 Å². The lowest BCUT2D eigenvalue weighted by molar-refractivity contribution is -0.141. The fourth-order valence-electron chi connectivity index (χ4n) is 2.77. The molecule has 3 rings (SSSR count). The Morgan fingerprint density at radius 2 is 1.95 bits per heavy atom. The van der Waals surface area contributed by atoms with Crippen molar-refractivity contribution in [3.05, 3.63) is 23.8 Å². The minimum Gasteiger partial charge on any atom is -0.481 e. The van der Waals surface area contributed by atoms with Gasteiger partial charge in [-0.1, -0.05) is 6.07 Å². The Bertz CT molecular complexity index is 479. The van der Waals surface area contributed by atoms with Crippen LogP contribution in [0.25, 0.3) is 0 Å². The Labute approximate surface area is 111 Å². The van der Waals surface area contributed by atoms with Gasteiger partial charge in [-0.25, -0.2) is 0 Å². The number of carboxylic acid groups (broad SMARTS) is 1. The minimum absolute atomic E-state index is 0.117. The van der Waals surface area contributed by atoms with Gasteiger partial charge in [0.2, 0.25) is 6.79 Å². The van der Waals surface area contributed by atoms with Crippen LogP contribution in [0.3, 0.4) is 0 Å². The highest BCUT2D eigenvalue weighted by Crippen LogP contribution is 2.38. The van der Waals surface area contributed by atoms with E-state index in [-0.39, 0.29) is 12.7 Å². The van der Waals surface area contributed by atoms with Crippen molar-refractivity contribution in [1.29, 1.82) is 0 Å². The van der Waals surface area contributed by atoms with Crippen LogP contribution in [-0.4, -0.2) is 31.1 Å². The van der Waals surface area contributed by atoms with Gasteiger partial charge in [0.05, 0.1) is 5.92 Å². The molecule has 2 aliphatic rings. The first-order chi connectivity index (χ1) is 9.25. The second-order valence-electron chi connectivity index (χ2n) is 4.88. The Balaban J connectivity index is 1.89. The van der Waals surface area contributed by atoms with Crippen molar-refractivity contribution in [3.8, 4) is 11.5 Å². The second-order valence-corrected chi connectivity index (χ2v) is 4.88. The summed E-state index contributed by atoms with van der Waals surface area (Å²) in [4.78, 5) is 11.6. The van der Waals surface area contributed by atoms with Crippen LogP contribution in [0.15, 0.2) is 18.2 Å². The van der Waals surface area contributed by atoms with E-state index in [4.69, 9.17) is 14.2 Å². The van der Waals surface area contributed by atoms with E-state index < -0.39 is 11.9 Å². The molecule has 0 saturated carbocycles. The standard InChI is InChI=1S/C14H16O5/c15-14(16)13(9-3-5-17-6-4-9)10-1-2-11-12(7-10)19-8-18-11/h1-2,7,9,13H,3-6,8H2,(H,15,16). The van der Waals surface area contributed by atoms with Gasteiger partial charge in [0.1, 0.15) is 0 Å². The monoisotopic (exact) mass is 264 g/mol. The van der Waals surface area contributed by atoms with Gasteiger partial charge in [0.25, 0.3) is 0 Å². The van der Waals surface area contributed by atoms with E-state index in [0.717, 1.165) is 18.4 Å². The molecule has 1 atom stereocenters. The summed E-state index contributed by atoms with van der Waals surface area (Å²) in [6, 6.07) is 5.39. The van der Waals surface area contributed by atoms with Crippen molar-refractivity contribution in [2.45, 2.75) is 18.8 Å². The van der Waals surface area contributed by atoms with Gasteiger partial charge in [-0.3, -0.25) is 4.79 Å². The lowest BCUT2D eigenvalue weighted by atomic mass is 9.81. The lowest BCUT2D eigenvalue weighted by Gasteiger charge is -2.27. The molecule has 2 aliphatic heterocycles. The van der Waals surface area contributed by atoms with Crippen LogP contribution in [0.5, 0.6) is 11.5 Å². The molecule has 1 unspecified atom stereocenters. The number of carbonyl (C=O) groups is 1. The smallest absolute Gasteiger partial charge is 0.311 e. The number of carboxylic acids is 1.